The normalized spacial score (nSPS) is 11.8. The number of hydrogen-bond acceptors (Lipinski definition) is 5. The Morgan fingerprint density at radius 2 is 1.53 bits per heavy atom. The van der Waals surface area contributed by atoms with E-state index in [1.54, 1.807) is 24.3 Å². The first kappa shape index (κ1) is 19.6. The molecule has 0 radical (unpaired) electrons. The van der Waals surface area contributed by atoms with Crippen molar-refractivity contribution in [1.29, 1.82) is 0 Å². The first-order valence-electron chi connectivity index (χ1n) is 8.97. The van der Waals surface area contributed by atoms with Gasteiger partial charge in [0.25, 0.3) is 0 Å². The molecule has 0 saturated carbocycles. The lowest BCUT2D eigenvalue weighted by Gasteiger charge is -2.22. The van der Waals surface area contributed by atoms with E-state index in [2.05, 4.69) is 27.8 Å². The summed E-state index contributed by atoms with van der Waals surface area (Å²) in [6.45, 7) is 1.22. The third-order valence-electron chi connectivity index (χ3n) is 4.64. The molecule has 0 fully saturated rings. The Hall–Kier alpha value is -3.69. The smallest absolute Gasteiger partial charge is 0.308 e. The van der Waals surface area contributed by atoms with Crippen LogP contribution in [0.15, 0.2) is 59.1 Å². The Balaban J connectivity index is 1.93. The van der Waals surface area contributed by atoms with Gasteiger partial charge in [-0.15, -0.1) is 0 Å². The van der Waals surface area contributed by atoms with Crippen LogP contribution in [0, 0.1) is 11.8 Å². The fraction of sp³-hybridized carbons (Fsp3) is 0.0417. The third-order valence-corrected chi connectivity index (χ3v) is 5.17. The van der Waals surface area contributed by atoms with Crippen LogP contribution in [-0.4, -0.2) is 17.5 Å². The van der Waals surface area contributed by atoms with Gasteiger partial charge in [0.15, 0.2) is 11.6 Å². The molecule has 30 heavy (non-hydrogen) atoms. The quantitative estimate of drug-likeness (QED) is 0.200. The van der Waals surface area contributed by atoms with E-state index in [-0.39, 0.29) is 33.7 Å². The summed E-state index contributed by atoms with van der Waals surface area (Å²) in [4.78, 5) is 37.9. The van der Waals surface area contributed by atoms with Gasteiger partial charge in [0.1, 0.15) is 5.75 Å². The van der Waals surface area contributed by atoms with E-state index in [4.69, 9.17) is 10.5 Å². The molecule has 146 valence electrons. The number of nitrogen functional groups attached to an aromatic ring is 1. The predicted octanol–water partition coefficient (Wildman–Crippen LogP) is 4.13. The summed E-state index contributed by atoms with van der Waals surface area (Å²) in [5.41, 5.74) is 7.90. The summed E-state index contributed by atoms with van der Waals surface area (Å²) in [7, 11) is 0. The van der Waals surface area contributed by atoms with Crippen LogP contribution in [0.1, 0.15) is 49.9 Å². The van der Waals surface area contributed by atoms with Crippen LogP contribution < -0.4 is 10.5 Å². The first-order valence-corrected chi connectivity index (χ1v) is 9.77. The van der Waals surface area contributed by atoms with Crippen LogP contribution in [0.2, 0.25) is 0 Å². The Labute approximate surface area is 181 Å². The molecule has 2 N–H and O–H groups in total. The standard InChI is InChI=1S/C24H14BrNO4/c1-13(27)30-19-12-15(9-6-14-7-10-16(25)11-8-14)22(26)21-20(19)23(28)17-4-2-3-5-18(17)24(21)29/h2-5,7-8,10-12H,26H2,1H3. The second-order valence-electron chi connectivity index (χ2n) is 6.64. The van der Waals surface area contributed by atoms with Crippen molar-refractivity contribution in [3.8, 4) is 17.6 Å². The van der Waals surface area contributed by atoms with Gasteiger partial charge in [-0.3, -0.25) is 14.4 Å². The molecule has 0 spiro atoms. The monoisotopic (exact) mass is 459 g/mol. The number of rotatable bonds is 1. The summed E-state index contributed by atoms with van der Waals surface area (Å²) in [6.07, 6.45) is 0. The number of halogens is 1. The summed E-state index contributed by atoms with van der Waals surface area (Å²) in [5.74, 6) is 4.43. The van der Waals surface area contributed by atoms with Crippen molar-refractivity contribution in [3.63, 3.8) is 0 Å². The summed E-state index contributed by atoms with van der Waals surface area (Å²) < 4.78 is 6.19. The highest BCUT2D eigenvalue weighted by Crippen LogP contribution is 2.38. The minimum absolute atomic E-state index is 0.0116. The van der Waals surface area contributed by atoms with Crippen molar-refractivity contribution in [3.05, 3.63) is 92.5 Å². The molecule has 6 heteroatoms. The molecule has 0 atom stereocenters. The molecule has 0 amide bonds. The van der Waals surface area contributed by atoms with Crippen LogP contribution in [0.3, 0.4) is 0 Å². The summed E-state index contributed by atoms with van der Waals surface area (Å²) >= 11 is 3.37. The van der Waals surface area contributed by atoms with Gasteiger partial charge in [-0.25, -0.2) is 0 Å². The van der Waals surface area contributed by atoms with Crippen LogP contribution in [-0.2, 0) is 4.79 Å². The Bertz CT molecular complexity index is 1300. The fourth-order valence-corrected chi connectivity index (χ4v) is 3.56. The second kappa shape index (κ2) is 7.62. The molecule has 0 bridgehead atoms. The Morgan fingerprint density at radius 3 is 2.13 bits per heavy atom. The van der Waals surface area contributed by atoms with Gasteiger partial charge in [0, 0.05) is 28.1 Å². The minimum Gasteiger partial charge on any atom is -0.426 e. The number of nitrogens with two attached hydrogens (primary N) is 1. The van der Waals surface area contributed by atoms with E-state index >= 15 is 0 Å². The average molecular weight is 460 g/mol. The summed E-state index contributed by atoms with van der Waals surface area (Å²) in [6, 6.07) is 15.3. The lowest BCUT2D eigenvalue weighted by Crippen LogP contribution is -2.24. The van der Waals surface area contributed by atoms with Crippen LogP contribution >= 0.6 is 15.9 Å². The first-order chi connectivity index (χ1) is 14.4. The third kappa shape index (κ3) is 3.40. The van der Waals surface area contributed by atoms with Crippen LogP contribution in [0.25, 0.3) is 0 Å². The number of hydrogen-bond donors (Lipinski definition) is 1. The number of anilines is 1. The Kier molecular flexibility index (Phi) is 4.98. The predicted molar refractivity (Wildman–Crippen MR) is 116 cm³/mol. The summed E-state index contributed by atoms with van der Waals surface area (Å²) in [5, 5.41) is 0. The highest BCUT2D eigenvalue weighted by atomic mass is 79.9. The van der Waals surface area contributed by atoms with Crippen molar-refractivity contribution in [1.82, 2.24) is 0 Å². The number of carbonyl (C=O) groups is 3. The van der Waals surface area contributed by atoms with Gasteiger partial charge >= 0.3 is 5.97 Å². The van der Waals surface area contributed by atoms with Gasteiger partial charge in [0.2, 0.25) is 0 Å². The zero-order chi connectivity index (χ0) is 21.4. The number of fused-ring (bicyclic) bond motifs is 2. The highest BCUT2D eigenvalue weighted by molar-refractivity contribution is 9.10. The van der Waals surface area contributed by atoms with E-state index in [9.17, 15) is 14.4 Å². The van der Waals surface area contributed by atoms with Crippen molar-refractivity contribution in [2.24, 2.45) is 0 Å². The van der Waals surface area contributed by atoms with Crippen molar-refractivity contribution >= 4 is 39.2 Å². The van der Waals surface area contributed by atoms with E-state index < -0.39 is 17.5 Å². The van der Waals surface area contributed by atoms with E-state index in [0.717, 1.165) is 10.0 Å². The average Bonchev–Trinajstić information content (AvgIpc) is 2.73. The number of benzene rings is 3. The van der Waals surface area contributed by atoms with E-state index in [1.165, 1.54) is 13.0 Å². The maximum atomic E-state index is 13.2. The fourth-order valence-electron chi connectivity index (χ4n) is 3.29. The SMILES string of the molecule is CC(=O)Oc1cc(C#Cc2ccc(Br)cc2)c(N)c2c1C(=O)c1ccccc1C2=O. The molecule has 0 unspecified atom stereocenters. The number of esters is 1. The van der Waals surface area contributed by atoms with Gasteiger partial charge in [-0.2, -0.15) is 0 Å². The molecule has 0 saturated heterocycles. The van der Waals surface area contributed by atoms with Crippen LogP contribution in [0.4, 0.5) is 5.69 Å². The zero-order valence-electron chi connectivity index (χ0n) is 15.8. The molecular weight excluding hydrogens is 446 g/mol. The zero-order valence-corrected chi connectivity index (χ0v) is 17.4. The molecule has 5 nitrogen and oxygen atoms in total. The maximum absolute atomic E-state index is 13.2. The molecule has 3 aromatic rings. The van der Waals surface area contributed by atoms with Crippen molar-refractivity contribution < 1.29 is 19.1 Å². The van der Waals surface area contributed by atoms with E-state index in [0.29, 0.717) is 5.56 Å². The van der Waals surface area contributed by atoms with Gasteiger partial charge < -0.3 is 10.5 Å². The Morgan fingerprint density at radius 1 is 0.933 bits per heavy atom. The number of carbonyl (C=O) groups excluding carboxylic acids is 3. The van der Waals surface area contributed by atoms with Gasteiger partial charge in [-0.05, 0) is 30.3 Å². The van der Waals surface area contributed by atoms with Gasteiger partial charge in [-0.1, -0.05) is 52.0 Å². The van der Waals surface area contributed by atoms with Crippen molar-refractivity contribution in [2.75, 3.05) is 5.73 Å². The molecule has 0 aliphatic heterocycles. The highest BCUT2D eigenvalue weighted by Gasteiger charge is 2.35. The number of ketones is 2. The maximum Gasteiger partial charge on any atom is 0.308 e. The topological polar surface area (TPSA) is 86.5 Å². The lowest BCUT2D eigenvalue weighted by atomic mass is 9.81. The molecular formula is C24H14BrNO4. The number of ether oxygens (including phenoxy) is 1. The molecule has 1 aliphatic carbocycles. The molecule has 1 aliphatic rings. The molecule has 4 rings (SSSR count). The molecule has 3 aromatic carbocycles. The van der Waals surface area contributed by atoms with Gasteiger partial charge in [0.05, 0.1) is 22.4 Å². The largest absolute Gasteiger partial charge is 0.426 e. The van der Waals surface area contributed by atoms with E-state index in [1.807, 2.05) is 24.3 Å². The van der Waals surface area contributed by atoms with Crippen LogP contribution in [0.5, 0.6) is 5.75 Å². The minimum atomic E-state index is -0.618. The van der Waals surface area contributed by atoms with Crippen molar-refractivity contribution in [2.45, 2.75) is 6.92 Å². The second-order valence-corrected chi connectivity index (χ2v) is 7.56. The molecule has 0 heterocycles. The molecule has 0 aromatic heterocycles. The lowest BCUT2D eigenvalue weighted by molar-refractivity contribution is -0.131.